The third-order valence-corrected chi connectivity index (χ3v) is 5.51. The molecule has 0 unspecified atom stereocenters. The molecule has 2 aliphatic heterocycles. The minimum atomic E-state index is 0.193. The van der Waals surface area contributed by atoms with Gasteiger partial charge in [-0.2, -0.15) is 0 Å². The molecule has 0 bridgehead atoms. The van der Waals surface area contributed by atoms with Crippen molar-refractivity contribution in [2.24, 2.45) is 0 Å². The Balaban J connectivity index is 1.39. The zero-order valence-electron chi connectivity index (χ0n) is 15.7. The summed E-state index contributed by atoms with van der Waals surface area (Å²) in [4.78, 5) is 19.5. The van der Waals surface area contributed by atoms with Gasteiger partial charge in [-0.25, -0.2) is 0 Å². The molecule has 5 nitrogen and oxygen atoms in total. The van der Waals surface area contributed by atoms with Crippen molar-refractivity contribution in [3.05, 3.63) is 29.8 Å². The molecule has 25 heavy (non-hydrogen) atoms. The van der Waals surface area contributed by atoms with Gasteiger partial charge in [-0.15, -0.1) is 0 Å². The molecule has 1 N–H and O–H groups in total. The van der Waals surface area contributed by atoms with Crippen molar-refractivity contribution < 1.29 is 4.79 Å². The number of rotatable bonds is 5. The zero-order valence-corrected chi connectivity index (χ0v) is 15.7. The molecule has 0 aromatic heterocycles. The van der Waals surface area contributed by atoms with Gasteiger partial charge in [0.1, 0.15) is 0 Å². The lowest BCUT2D eigenvalue weighted by Gasteiger charge is -2.36. The van der Waals surface area contributed by atoms with Gasteiger partial charge in [0.15, 0.2) is 0 Å². The number of piperazine rings is 1. The van der Waals surface area contributed by atoms with E-state index in [9.17, 15) is 4.79 Å². The van der Waals surface area contributed by atoms with Crippen LogP contribution < -0.4 is 10.2 Å². The first kappa shape index (κ1) is 18.2. The van der Waals surface area contributed by atoms with Crippen molar-refractivity contribution >= 4 is 11.6 Å². The Kier molecular flexibility index (Phi) is 6.32. The highest BCUT2D eigenvalue weighted by Crippen LogP contribution is 2.17. The van der Waals surface area contributed by atoms with E-state index in [4.69, 9.17) is 0 Å². The smallest absolute Gasteiger partial charge is 0.234 e. The summed E-state index contributed by atoms with van der Waals surface area (Å²) >= 11 is 0. The zero-order chi connectivity index (χ0) is 17.6. The molecule has 0 atom stereocenters. The molecular formula is C20H32N4O. The van der Waals surface area contributed by atoms with Crippen LogP contribution in [-0.4, -0.2) is 74.1 Å². The Morgan fingerprint density at radius 2 is 1.80 bits per heavy atom. The summed E-state index contributed by atoms with van der Waals surface area (Å²) in [5.41, 5.74) is 2.60. The van der Waals surface area contributed by atoms with Crippen LogP contribution in [0.1, 0.15) is 25.3 Å². The Hall–Kier alpha value is -1.59. The van der Waals surface area contributed by atoms with Crippen LogP contribution in [0.5, 0.6) is 0 Å². The second-order valence-corrected chi connectivity index (χ2v) is 7.38. The van der Waals surface area contributed by atoms with Crippen LogP contribution in [0.3, 0.4) is 0 Å². The van der Waals surface area contributed by atoms with E-state index in [-0.39, 0.29) is 5.91 Å². The van der Waals surface area contributed by atoms with Crippen molar-refractivity contribution in [1.29, 1.82) is 0 Å². The van der Waals surface area contributed by atoms with Crippen molar-refractivity contribution in [2.75, 3.05) is 57.3 Å². The Labute approximate surface area is 152 Å². The SMILES string of the molecule is CCN1CCC(NC(=O)CN2CCN(c3cccc(C)c3)CC2)CC1. The van der Waals surface area contributed by atoms with Crippen LogP contribution >= 0.6 is 0 Å². The average Bonchev–Trinajstić information content (AvgIpc) is 2.63. The number of hydrogen-bond acceptors (Lipinski definition) is 4. The number of nitrogens with one attached hydrogen (secondary N) is 1. The number of anilines is 1. The highest BCUT2D eigenvalue weighted by atomic mass is 16.2. The molecule has 0 spiro atoms. The first-order chi connectivity index (χ1) is 12.1. The first-order valence-corrected chi connectivity index (χ1v) is 9.69. The number of carbonyl (C=O) groups excluding carboxylic acids is 1. The van der Waals surface area contributed by atoms with E-state index in [1.165, 1.54) is 11.3 Å². The van der Waals surface area contributed by atoms with E-state index in [1.807, 2.05) is 0 Å². The summed E-state index contributed by atoms with van der Waals surface area (Å²) in [7, 11) is 0. The molecule has 0 radical (unpaired) electrons. The summed E-state index contributed by atoms with van der Waals surface area (Å²) in [5, 5.41) is 3.24. The van der Waals surface area contributed by atoms with Gasteiger partial charge in [0.25, 0.3) is 0 Å². The second kappa shape index (κ2) is 8.68. The minimum Gasteiger partial charge on any atom is -0.369 e. The van der Waals surface area contributed by atoms with Crippen LogP contribution in [-0.2, 0) is 4.79 Å². The van der Waals surface area contributed by atoms with Gasteiger partial charge in [-0.05, 0) is 44.0 Å². The van der Waals surface area contributed by atoms with Crippen molar-refractivity contribution in [3.8, 4) is 0 Å². The lowest BCUT2D eigenvalue weighted by Crippen LogP contribution is -2.51. The van der Waals surface area contributed by atoms with E-state index in [0.717, 1.165) is 58.7 Å². The van der Waals surface area contributed by atoms with Crippen molar-refractivity contribution in [2.45, 2.75) is 32.7 Å². The number of amides is 1. The first-order valence-electron chi connectivity index (χ1n) is 9.69. The maximum absolute atomic E-state index is 12.3. The van der Waals surface area contributed by atoms with Crippen molar-refractivity contribution in [1.82, 2.24) is 15.1 Å². The molecular weight excluding hydrogens is 312 g/mol. The van der Waals surface area contributed by atoms with Crippen LogP contribution in [0.15, 0.2) is 24.3 Å². The number of hydrogen-bond donors (Lipinski definition) is 1. The van der Waals surface area contributed by atoms with Gasteiger partial charge < -0.3 is 15.1 Å². The molecule has 0 saturated carbocycles. The van der Waals surface area contributed by atoms with Gasteiger partial charge in [0, 0.05) is 51.0 Å². The molecule has 2 fully saturated rings. The fourth-order valence-corrected chi connectivity index (χ4v) is 3.86. The number of carbonyl (C=O) groups is 1. The second-order valence-electron chi connectivity index (χ2n) is 7.38. The predicted molar refractivity (Wildman–Crippen MR) is 103 cm³/mol. The summed E-state index contributed by atoms with van der Waals surface area (Å²) in [6, 6.07) is 9.04. The van der Waals surface area contributed by atoms with E-state index in [1.54, 1.807) is 0 Å². The molecule has 1 aromatic carbocycles. The lowest BCUT2D eigenvalue weighted by atomic mass is 10.1. The van der Waals surface area contributed by atoms with Gasteiger partial charge in [-0.3, -0.25) is 9.69 Å². The molecule has 138 valence electrons. The fourth-order valence-electron chi connectivity index (χ4n) is 3.86. The monoisotopic (exact) mass is 344 g/mol. The molecule has 3 rings (SSSR count). The van der Waals surface area contributed by atoms with E-state index >= 15 is 0 Å². The maximum atomic E-state index is 12.3. The van der Waals surface area contributed by atoms with Crippen LogP contribution in [0, 0.1) is 6.92 Å². The highest BCUT2D eigenvalue weighted by molar-refractivity contribution is 5.78. The number of nitrogens with zero attached hydrogens (tertiary/aromatic N) is 3. The fraction of sp³-hybridized carbons (Fsp3) is 0.650. The molecule has 1 amide bonds. The molecule has 1 aromatic rings. The third kappa shape index (κ3) is 5.19. The molecule has 2 saturated heterocycles. The largest absolute Gasteiger partial charge is 0.369 e. The van der Waals surface area contributed by atoms with Gasteiger partial charge in [-0.1, -0.05) is 19.1 Å². The standard InChI is InChI=1S/C20H32N4O/c1-3-22-9-7-18(8-10-22)21-20(25)16-23-11-13-24(14-12-23)19-6-4-5-17(2)15-19/h4-6,15,18H,3,7-14,16H2,1-2H3,(H,21,25). The molecule has 2 heterocycles. The minimum absolute atomic E-state index is 0.193. The topological polar surface area (TPSA) is 38.8 Å². The van der Waals surface area contributed by atoms with Gasteiger partial charge in [0.2, 0.25) is 5.91 Å². The molecule has 5 heteroatoms. The summed E-state index contributed by atoms with van der Waals surface area (Å²) in [5.74, 6) is 0.193. The lowest BCUT2D eigenvalue weighted by molar-refractivity contribution is -0.123. The quantitative estimate of drug-likeness (QED) is 0.883. The highest BCUT2D eigenvalue weighted by Gasteiger charge is 2.22. The van der Waals surface area contributed by atoms with E-state index in [0.29, 0.717) is 12.6 Å². The van der Waals surface area contributed by atoms with Crippen LogP contribution in [0.25, 0.3) is 0 Å². The van der Waals surface area contributed by atoms with Gasteiger partial charge >= 0.3 is 0 Å². The van der Waals surface area contributed by atoms with Crippen LogP contribution in [0.4, 0.5) is 5.69 Å². The van der Waals surface area contributed by atoms with E-state index < -0.39 is 0 Å². The Morgan fingerprint density at radius 3 is 2.44 bits per heavy atom. The average molecular weight is 345 g/mol. The predicted octanol–water partition coefficient (Wildman–Crippen LogP) is 1.72. The number of benzene rings is 1. The van der Waals surface area contributed by atoms with Gasteiger partial charge in [0.05, 0.1) is 6.54 Å². The Morgan fingerprint density at radius 1 is 1.08 bits per heavy atom. The van der Waals surface area contributed by atoms with Crippen LogP contribution in [0.2, 0.25) is 0 Å². The number of aryl methyl sites for hydroxylation is 1. The summed E-state index contributed by atoms with van der Waals surface area (Å²) < 4.78 is 0. The summed E-state index contributed by atoms with van der Waals surface area (Å²) in [6.07, 6.45) is 2.17. The molecule has 2 aliphatic rings. The maximum Gasteiger partial charge on any atom is 0.234 e. The summed E-state index contributed by atoms with van der Waals surface area (Å²) in [6.45, 7) is 12.1. The van der Waals surface area contributed by atoms with E-state index in [2.05, 4.69) is 58.1 Å². The Bertz CT molecular complexity index is 561. The molecule has 0 aliphatic carbocycles. The number of likely N-dealkylation sites (tertiary alicyclic amines) is 1. The normalized spacial score (nSPS) is 20.6. The van der Waals surface area contributed by atoms with Crippen molar-refractivity contribution in [3.63, 3.8) is 0 Å². The third-order valence-electron chi connectivity index (χ3n) is 5.51. The number of piperidine rings is 1.